The van der Waals surface area contributed by atoms with E-state index in [9.17, 15) is 4.39 Å². The zero-order chi connectivity index (χ0) is 24.4. The highest BCUT2D eigenvalue weighted by Gasteiger charge is 2.14. The summed E-state index contributed by atoms with van der Waals surface area (Å²) in [5.74, 6) is 0.370. The van der Waals surface area contributed by atoms with Crippen LogP contribution < -0.4 is 10.6 Å². The van der Waals surface area contributed by atoms with Gasteiger partial charge in [0.25, 0.3) is 0 Å². The van der Waals surface area contributed by atoms with E-state index in [1.54, 1.807) is 18.2 Å². The van der Waals surface area contributed by atoms with Crippen LogP contribution in [0.3, 0.4) is 0 Å². The summed E-state index contributed by atoms with van der Waals surface area (Å²) in [5.41, 5.74) is 5.48. The highest BCUT2D eigenvalue weighted by molar-refractivity contribution is 7.80. The first-order chi connectivity index (χ1) is 16.2. The van der Waals surface area contributed by atoms with Crippen molar-refractivity contribution in [1.29, 1.82) is 0 Å². The number of benzene rings is 2. The number of thiocarbonyl (C=S) groups is 1. The largest absolute Gasteiger partial charge is 0.329 e. The lowest BCUT2D eigenvalue weighted by atomic mass is 10.2. The number of halogens is 3. The third kappa shape index (κ3) is 5.58. The molecule has 176 valence electrons. The Bertz CT molecular complexity index is 1350. The molecule has 0 amide bonds. The van der Waals surface area contributed by atoms with Crippen LogP contribution in [0.4, 0.5) is 15.9 Å². The molecular formula is C24H23Cl2FN6S. The maximum absolute atomic E-state index is 13.2. The molecule has 0 aliphatic rings. The first-order valence-electron chi connectivity index (χ1n) is 10.5. The lowest BCUT2D eigenvalue weighted by Gasteiger charge is -2.10. The van der Waals surface area contributed by atoms with E-state index in [0.29, 0.717) is 34.1 Å². The Morgan fingerprint density at radius 3 is 2.26 bits per heavy atom. The molecule has 10 heteroatoms. The normalized spacial score (nSPS) is 11.0. The van der Waals surface area contributed by atoms with Gasteiger partial charge >= 0.3 is 0 Å². The topological polar surface area (TPSA) is 59.7 Å². The summed E-state index contributed by atoms with van der Waals surface area (Å²) in [6, 6.07) is 13.8. The van der Waals surface area contributed by atoms with E-state index in [1.165, 1.54) is 12.1 Å². The van der Waals surface area contributed by atoms with Crippen molar-refractivity contribution in [2.75, 3.05) is 10.6 Å². The molecule has 2 aromatic heterocycles. The number of aryl methyl sites for hydroxylation is 2. The summed E-state index contributed by atoms with van der Waals surface area (Å²) in [7, 11) is 0. The van der Waals surface area contributed by atoms with Crippen molar-refractivity contribution < 1.29 is 4.39 Å². The standard InChI is InChI=1S/C24H23Cl2FN6S/c1-14-10-22(31-32(14)13-18-6-9-20(25)21(26)11-18)28-24(34)29-23-15(2)30-33(16(23)3)12-17-4-7-19(27)8-5-17/h4-11H,12-13H2,1-3H3,(H2,28,29,31,34). The van der Waals surface area contributed by atoms with E-state index >= 15 is 0 Å². The van der Waals surface area contributed by atoms with E-state index in [2.05, 4.69) is 20.8 Å². The van der Waals surface area contributed by atoms with E-state index in [4.69, 9.17) is 35.4 Å². The minimum Gasteiger partial charge on any atom is -0.329 e. The monoisotopic (exact) mass is 516 g/mol. The summed E-state index contributed by atoms with van der Waals surface area (Å²) in [6.45, 7) is 6.94. The molecule has 2 N–H and O–H groups in total. The van der Waals surface area contributed by atoms with Gasteiger partial charge in [0.05, 0.1) is 40.2 Å². The number of aromatic nitrogens is 4. The third-order valence-electron chi connectivity index (χ3n) is 5.40. The predicted molar refractivity (Wildman–Crippen MR) is 140 cm³/mol. The Kier molecular flexibility index (Phi) is 7.21. The van der Waals surface area contributed by atoms with E-state index < -0.39 is 0 Å². The van der Waals surface area contributed by atoms with Crippen molar-refractivity contribution in [3.63, 3.8) is 0 Å². The second-order valence-electron chi connectivity index (χ2n) is 7.99. The van der Waals surface area contributed by atoms with Crippen LogP contribution in [-0.4, -0.2) is 24.7 Å². The van der Waals surface area contributed by atoms with Gasteiger partial charge in [0.2, 0.25) is 0 Å². The first-order valence-corrected chi connectivity index (χ1v) is 11.7. The van der Waals surface area contributed by atoms with Crippen molar-refractivity contribution in [3.05, 3.63) is 92.6 Å². The van der Waals surface area contributed by atoms with Gasteiger partial charge < -0.3 is 10.6 Å². The number of nitrogens with one attached hydrogen (secondary N) is 2. The fourth-order valence-electron chi connectivity index (χ4n) is 3.60. The molecule has 4 rings (SSSR count). The molecule has 0 fully saturated rings. The SMILES string of the molecule is Cc1nn(Cc2ccc(F)cc2)c(C)c1NC(=S)Nc1cc(C)n(Cc2ccc(Cl)c(Cl)c2)n1. The first kappa shape index (κ1) is 24.2. The quantitative estimate of drug-likeness (QED) is 0.292. The minimum absolute atomic E-state index is 0.259. The van der Waals surface area contributed by atoms with E-state index in [-0.39, 0.29) is 5.82 Å². The second-order valence-corrected chi connectivity index (χ2v) is 9.21. The van der Waals surface area contributed by atoms with Gasteiger partial charge in [0.15, 0.2) is 10.9 Å². The van der Waals surface area contributed by atoms with Crippen LogP contribution in [0.1, 0.15) is 28.2 Å². The summed E-state index contributed by atoms with van der Waals surface area (Å²) >= 11 is 17.7. The average molecular weight is 517 g/mol. The summed E-state index contributed by atoms with van der Waals surface area (Å²) < 4.78 is 16.9. The van der Waals surface area contributed by atoms with Crippen molar-refractivity contribution in [1.82, 2.24) is 19.6 Å². The molecule has 0 aliphatic heterocycles. The molecule has 0 atom stereocenters. The highest BCUT2D eigenvalue weighted by atomic mass is 35.5. The second kappa shape index (κ2) is 10.1. The molecule has 0 bridgehead atoms. The minimum atomic E-state index is -0.259. The fourth-order valence-corrected chi connectivity index (χ4v) is 4.13. The predicted octanol–water partition coefficient (Wildman–Crippen LogP) is 6.36. The van der Waals surface area contributed by atoms with Gasteiger partial charge in [-0.1, -0.05) is 41.4 Å². The van der Waals surface area contributed by atoms with Crippen LogP contribution in [0.25, 0.3) is 0 Å². The number of nitrogens with zero attached hydrogens (tertiary/aromatic N) is 4. The fraction of sp³-hybridized carbons (Fsp3) is 0.208. The molecule has 34 heavy (non-hydrogen) atoms. The molecule has 0 saturated heterocycles. The molecular weight excluding hydrogens is 494 g/mol. The van der Waals surface area contributed by atoms with Gasteiger partial charge in [-0.2, -0.15) is 10.2 Å². The molecule has 0 spiro atoms. The average Bonchev–Trinajstić information content (AvgIpc) is 3.25. The van der Waals surface area contributed by atoms with E-state index in [1.807, 2.05) is 48.3 Å². The molecule has 4 aromatic rings. The molecule has 0 radical (unpaired) electrons. The van der Waals surface area contributed by atoms with Crippen LogP contribution >= 0.6 is 35.4 Å². The molecule has 6 nitrogen and oxygen atoms in total. The van der Waals surface area contributed by atoms with Crippen molar-refractivity contribution in [3.8, 4) is 0 Å². The lowest BCUT2D eigenvalue weighted by molar-refractivity contribution is 0.622. The van der Waals surface area contributed by atoms with Gasteiger partial charge in [-0.05, 0) is 68.4 Å². The Morgan fingerprint density at radius 2 is 1.56 bits per heavy atom. The Labute approximate surface area is 212 Å². The molecule has 2 aromatic carbocycles. The number of hydrogen-bond donors (Lipinski definition) is 2. The van der Waals surface area contributed by atoms with E-state index in [0.717, 1.165) is 33.9 Å². The van der Waals surface area contributed by atoms with Gasteiger partial charge in [0, 0.05) is 11.8 Å². The van der Waals surface area contributed by atoms with Gasteiger partial charge in [-0.25, -0.2) is 4.39 Å². The van der Waals surface area contributed by atoms with Crippen LogP contribution in [0.2, 0.25) is 10.0 Å². The number of anilines is 2. The lowest BCUT2D eigenvalue weighted by Crippen LogP contribution is -2.20. The molecule has 0 unspecified atom stereocenters. The van der Waals surface area contributed by atoms with Crippen molar-refractivity contribution in [2.24, 2.45) is 0 Å². The Hall–Kier alpha value is -2.94. The molecule has 0 saturated carbocycles. The summed E-state index contributed by atoms with van der Waals surface area (Å²) in [5, 5.41) is 17.0. The zero-order valence-corrected chi connectivity index (χ0v) is 21.2. The van der Waals surface area contributed by atoms with Gasteiger partial charge in [0.1, 0.15) is 5.82 Å². The smallest absolute Gasteiger partial charge is 0.176 e. The summed E-state index contributed by atoms with van der Waals surface area (Å²) in [6.07, 6.45) is 0. The van der Waals surface area contributed by atoms with Gasteiger partial charge in [-0.15, -0.1) is 0 Å². The zero-order valence-electron chi connectivity index (χ0n) is 18.9. The molecule has 0 aliphatic carbocycles. The van der Waals surface area contributed by atoms with Crippen LogP contribution in [-0.2, 0) is 13.1 Å². The molecule has 2 heterocycles. The third-order valence-corrected chi connectivity index (χ3v) is 6.35. The van der Waals surface area contributed by atoms with Crippen molar-refractivity contribution >= 4 is 52.0 Å². The number of rotatable bonds is 6. The van der Waals surface area contributed by atoms with Gasteiger partial charge in [-0.3, -0.25) is 9.36 Å². The maximum Gasteiger partial charge on any atom is 0.176 e. The van der Waals surface area contributed by atoms with Crippen LogP contribution in [0, 0.1) is 26.6 Å². The van der Waals surface area contributed by atoms with Crippen LogP contribution in [0.5, 0.6) is 0 Å². The van der Waals surface area contributed by atoms with Crippen molar-refractivity contribution in [2.45, 2.75) is 33.9 Å². The summed E-state index contributed by atoms with van der Waals surface area (Å²) in [4.78, 5) is 0. The Morgan fingerprint density at radius 1 is 0.882 bits per heavy atom. The Balaban J connectivity index is 1.43. The highest BCUT2D eigenvalue weighted by Crippen LogP contribution is 2.24. The number of hydrogen-bond acceptors (Lipinski definition) is 3. The maximum atomic E-state index is 13.2. The van der Waals surface area contributed by atoms with Crippen LogP contribution in [0.15, 0.2) is 48.5 Å².